The van der Waals surface area contributed by atoms with Gasteiger partial charge in [-0.1, -0.05) is 6.07 Å². The van der Waals surface area contributed by atoms with Crippen molar-refractivity contribution < 1.29 is 9.47 Å². The molecule has 0 amide bonds. The van der Waals surface area contributed by atoms with Crippen LogP contribution in [0.2, 0.25) is 0 Å². The van der Waals surface area contributed by atoms with Gasteiger partial charge in [-0.05, 0) is 61.8 Å². The summed E-state index contributed by atoms with van der Waals surface area (Å²) < 4.78 is 11.0. The van der Waals surface area contributed by atoms with Crippen LogP contribution in [0.25, 0.3) is 21.2 Å². The first kappa shape index (κ1) is 19.1. The van der Waals surface area contributed by atoms with Crippen LogP contribution < -0.4 is 15.0 Å². The molecule has 28 heavy (non-hydrogen) atoms. The fourth-order valence-corrected chi connectivity index (χ4v) is 5.35. The summed E-state index contributed by atoms with van der Waals surface area (Å²) in [6.07, 6.45) is 7.17. The highest BCUT2D eigenvalue weighted by Crippen LogP contribution is 2.36. The minimum absolute atomic E-state index is 0.0379. The molecule has 1 N–H and O–H groups in total. The van der Waals surface area contributed by atoms with Gasteiger partial charge in [-0.3, -0.25) is 4.79 Å². The Morgan fingerprint density at radius 2 is 2.21 bits per heavy atom. The molecule has 146 valence electrons. The smallest absolute Gasteiger partial charge is 0.260 e. The third-order valence-electron chi connectivity index (χ3n) is 4.81. The molecule has 4 rings (SSSR count). The van der Waals surface area contributed by atoms with Crippen molar-refractivity contribution in [2.24, 2.45) is 0 Å². The second-order valence-electron chi connectivity index (χ2n) is 6.51. The van der Waals surface area contributed by atoms with Gasteiger partial charge >= 0.3 is 0 Å². The Hall–Kier alpha value is -2.25. The minimum Gasteiger partial charge on any atom is -0.493 e. The van der Waals surface area contributed by atoms with Gasteiger partial charge in [0.05, 0.1) is 24.0 Å². The predicted octanol–water partition coefficient (Wildman–Crippen LogP) is 4.74. The van der Waals surface area contributed by atoms with Crippen LogP contribution in [0.15, 0.2) is 23.0 Å². The SMILES string of the molecule is CCOc1cc(/C=C(\SC)c2nc3sc4c(c3c(=O)[nH]2)CCC4)ccc1OC. The average Bonchev–Trinajstić information content (AvgIpc) is 3.27. The highest BCUT2D eigenvalue weighted by molar-refractivity contribution is 8.07. The molecular weight excluding hydrogens is 392 g/mol. The van der Waals surface area contributed by atoms with Gasteiger partial charge in [-0.15, -0.1) is 23.1 Å². The summed E-state index contributed by atoms with van der Waals surface area (Å²) in [7, 11) is 1.63. The number of nitrogens with zero attached hydrogens (tertiary/aromatic N) is 1. The lowest BCUT2D eigenvalue weighted by atomic mass is 10.1. The van der Waals surface area contributed by atoms with E-state index in [2.05, 4.69) is 4.98 Å². The molecule has 5 nitrogen and oxygen atoms in total. The number of thiophene rings is 1. The first-order valence-electron chi connectivity index (χ1n) is 9.26. The molecule has 0 radical (unpaired) electrons. The molecule has 0 saturated heterocycles. The van der Waals surface area contributed by atoms with E-state index in [9.17, 15) is 4.79 Å². The summed E-state index contributed by atoms with van der Waals surface area (Å²) in [4.78, 5) is 23.6. The molecule has 0 spiro atoms. The van der Waals surface area contributed by atoms with Crippen molar-refractivity contribution in [3.8, 4) is 11.5 Å². The summed E-state index contributed by atoms with van der Waals surface area (Å²) in [5.74, 6) is 2.01. The van der Waals surface area contributed by atoms with E-state index < -0.39 is 0 Å². The minimum atomic E-state index is -0.0379. The molecule has 0 aliphatic heterocycles. The number of fused-ring (bicyclic) bond motifs is 3. The fraction of sp³-hybridized carbons (Fsp3) is 0.333. The number of nitrogens with one attached hydrogen (secondary N) is 1. The largest absolute Gasteiger partial charge is 0.493 e. The second-order valence-corrected chi connectivity index (χ2v) is 8.44. The number of methoxy groups -OCH3 is 1. The molecular formula is C21H22N2O3S2. The third kappa shape index (κ3) is 3.44. The number of thioether (sulfide) groups is 1. The third-order valence-corrected chi connectivity index (χ3v) is 6.75. The Bertz CT molecular complexity index is 1110. The molecule has 0 fully saturated rings. The van der Waals surface area contributed by atoms with Crippen LogP contribution in [0.1, 0.15) is 35.2 Å². The van der Waals surface area contributed by atoms with Gasteiger partial charge in [-0.2, -0.15) is 0 Å². The summed E-state index contributed by atoms with van der Waals surface area (Å²) in [6.45, 7) is 2.50. The first-order chi connectivity index (χ1) is 13.6. The van der Waals surface area contributed by atoms with E-state index in [1.165, 1.54) is 10.4 Å². The normalized spacial score (nSPS) is 13.8. The van der Waals surface area contributed by atoms with Gasteiger partial charge in [0.1, 0.15) is 10.7 Å². The van der Waals surface area contributed by atoms with E-state index in [0.717, 1.165) is 39.9 Å². The number of H-pyrrole nitrogens is 1. The zero-order chi connectivity index (χ0) is 19.7. The Morgan fingerprint density at radius 1 is 1.36 bits per heavy atom. The van der Waals surface area contributed by atoms with Crippen molar-refractivity contribution in [2.75, 3.05) is 20.0 Å². The molecule has 2 heterocycles. The standard InChI is InChI=1S/C21H22N2O3S2/c1-4-26-15-10-12(8-9-14(15)25-2)11-17(27-3)19-22-20(24)18-13-6-5-7-16(13)28-21(18)23-19/h8-11H,4-7H2,1-3H3,(H,22,23,24)/b17-11-. The Balaban J connectivity index is 1.77. The van der Waals surface area contributed by atoms with E-state index in [1.54, 1.807) is 30.2 Å². The topological polar surface area (TPSA) is 64.2 Å². The summed E-state index contributed by atoms with van der Waals surface area (Å²) >= 11 is 3.21. The van der Waals surface area contributed by atoms with Crippen LogP contribution in [0.3, 0.4) is 0 Å². The van der Waals surface area contributed by atoms with Crippen molar-refractivity contribution >= 4 is 44.3 Å². The maximum atomic E-state index is 12.8. The molecule has 2 aromatic heterocycles. The van der Waals surface area contributed by atoms with E-state index in [0.29, 0.717) is 23.9 Å². The zero-order valence-corrected chi connectivity index (χ0v) is 17.8. The van der Waals surface area contributed by atoms with Gasteiger partial charge in [-0.25, -0.2) is 4.98 Å². The van der Waals surface area contributed by atoms with Crippen LogP contribution in [0.5, 0.6) is 11.5 Å². The lowest BCUT2D eigenvalue weighted by molar-refractivity contribution is 0.311. The summed E-state index contributed by atoms with van der Waals surface area (Å²) in [5.41, 5.74) is 2.13. The molecule has 0 unspecified atom stereocenters. The highest BCUT2D eigenvalue weighted by Gasteiger charge is 2.21. The van der Waals surface area contributed by atoms with Crippen LogP contribution in [-0.2, 0) is 12.8 Å². The number of benzene rings is 1. The lowest BCUT2D eigenvalue weighted by Crippen LogP contribution is -2.11. The zero-order valence-electron chi connectivity index (χ0n) is 16.1. The Labute approximate surface area is 171 Å². The molecule has 7 heteroatoms. The maximum absolute atomic E-state index is 12.8. The van der Waals surface area contributed by atoms with Gasteiger partial charge in [0.25, 0.3) is 5.56 Å². The number of hydrogen-bond donors (Lipinski definition) is 1. The fourth-order valence-electron chi connectivity index (χ4n) is 3.55. The number of aromatic amines is 1. The van der Waals surface area contributed by atoms with E-state index in [1.807, 2.05) is 37.5 Å². The van der Waals surface area contributed by atoms with Crippen molar-refractivity contribution in [3.05, 3.63) is 50.4 Å². The lowest BCUT2D eigenvalue weighted by Gasteiger charge is -2.10. The maximum Gasteiger partial charge on any atom is 0.260 e. The van der Waals surface area contributed by atoms with Gasteiger partial charge in [0.15, 0.2) is 11.5 Å². The van der Waals surface area contributed by atoms with E-state index in [4.69, 9.17) is 14.5 Å². The number of ether oxygens (including phenoxy) is 2. The molecule has 0 saturated carbocycles. The summed E-state index contributed by atoms with van der Waals surface area (Å²) in [6, 6.07) is 5.79. The Kier molecular flexibility index (Phi) is 5.46. The first-order valence-corrected chi connectivity index (χ1v) is 11.3. The van der Waals surface area contributed by atoms with Crippen LogP contribution in [0, 0.1) is 0 Å². The Morgan fingerprint density at radius 3 is 2.96 bits per heavy atom. The van der Waals surface area contributed by atoms with Crippen LogP contribution >= 0.6 is 23.1 Å². The highest BCUT2D eigenvalue weighted by atomic mass is 32.2. The predicted molar refractivity (Wildman–Crippen MR) is 118 cm³/mol. The number of aromatic nitrogens is 2. The molecule has 1 aliphatic carbocycles. The van der Waals surface area contributed by atoms with Crippen molar-refractivity contribution in [1.29, 1.82) is 0 Å². The summed E-state index contributed by atoms with van der Waals surface area (Å²) in [5, 5.41) is 0.782. The van der Waals surface area contributed by atoms with Crippen molar-refractivity contribution in [1.82, 2.24) is 9.97 Å². The van der Waals surface area contributed by atoms with Crippen molar-refractivity contribution in [2.45, 2.75) is 26.2 Å². The van der Waals surface area contributed by atoms with Gasteiger partial charge < -0.3 is 14.5 Å². The molecule has 1 aliphatic rings. The van der Waals surface area contributed by atoms with Crippen LogP contribution in [0.4, 0.5) is 0 Å². The number of aryl methyl sites for hydroxylation is 2. The van der Waals surface area contributed by atoms with E-state index >= 15 is 0 Å². The van der Waals surface area contributed by atoms with Crippen LogP contribution in [-0.4, -0.2) is 29.9 Å². The second kappa shape index (κ2) is 8.01. The molecule has 1 aromatic carbocycles. The number of rotatable bonds is 6. The van der Waals surface area contributed by atoms with E-state index in [-0.39, 0.29) is 5.56 Å². The molecule has 3 aromatic rings. The number of hydrogen-bond acceptors (Lipinski definition) is 6. The van der Waals surface area contributed by atoms with Gasteiger partial charge in [0, 0.05) is 4.88 Å². The van der Waals surface area contributed by atoms with Crippen molar-refractivity contribution in [3.63, 3.8) is 0 Å². The molecule has 0 atom stereocenters. The monoisotopic (exact) mass is 414 g/mol. The quantitative estimate of drug-likeness (QED) is 0.631. The molecule has 0 bridgehead atoms. The van der Waals surface area contributed by atoms with Gasteiger partial charge in [0.2, 0.25) is 0 Å². The average molecular weight is 415 g/mol.